The van der Waals surface area contributed by atoms with Gasteiger partial charge >= 0.3 is 0 Å². The molecule has 1 aromatic heterocycles. The van der Waals surface area contributed by atoms with Gasteiger partial charge < -0.3 is 5.32 Å². The quantitative estimate of drug-likeness (QED) is 0.827. The fraction of sp³-hybridized carbons (Fsp3) is 0.0769. The van der Waals surface area contributed by atoms with E-state index in [0.29, 0.717) is 5.56 Å². The number of nitrogens with zero attached hydrogens (tertiary/aromatic N) is 2. The van der Waals surface area contributed by atoms with E-state index in [-0.39, 0.29) is 0 Å². The third-order valence-electron chi connectivity index (χ3n) is 2.21. The van der Waals surface area contributed by atoms with Gasteiger partial charge in [0.15, 0.2) is 0 Å². The zero-order chi connectivity index (χ0) is 11.4. The topological polar surface area (TPSA) is 48.7 Å². The second-order valence-corrected chi connectivity index (χ2v) is 3.57. The first kappa shape index (κ1) is 10.2. The highest BCUT2D eigenvalue weighted by atomic mass is 14.9. The van der Waals surface area contributed by atoms with Crippen molar-refractivity contribution in [2.24, 2.45) is 0 Å². The molecule has 3 heteroatoms. The van der Waals surface area contributed by atoms with Crippen molar-refractivity contribution in [2.45, 2.75) is 6.92 Å². The highest BCUT2D eigenvalue weighted by molar-refractivity contribution is 5.60. The molecule has 0 atom stereocenters. The van der Waals surface area contributed by atoms with Crippen LogP contribution in [0.25, 0.3) is 0 Å². The van der Waals surface area contributed by atoms with Gasteiger partial charge in [0.1, 0.15) is 6.07 Å². The summed E-state index contributed by atoms with van der Waals surface area (Å²) in [6, 6.07) is 11.9. The van der Waals surface area contributed by atoms with Gasteiger partial charge in [-0.25, -0.2) is 0 Å². The van der Waals surface area contributed by atoms with Gasteiger partial charge in [-0.05, 0) is 25.1 Å². The lowest BCUT2D eigenvalue weighted by Crippen LogP contribution is -1.91. The summed E-state index contributed by atoms with van der Waals surface area (Å²) in [5.74, 6) is 0. The first-order valence-electron chi connectivity index (χ1n) is 4.97. The Kier molecular flexibility index (Phi) is 2.84. The van der Waals surface area contributed by atoms with E-state index >= 15 is 0 Å². The number of benzene rings is 1. The number of rotatable bonds is 2. The van der Waals surface area contributed by atoms with Gasteiger partial charge in [-0.3, -0.25) is 4.98 Å². The van der Waals surface area contributed by atoms with Crippen LogP contribution in [0.5, 0.6) is 0 Å². The molecule has 16 heavy (non-hydrogen) atoms. The fourth-order valence-corrected chi connectivity index (χ4v) is 1.37. The lowest BCUT2D eigenvalue weighted by atomic mass is 10.2. The van der Waals surface area contributed by atoms with Crippen molar-refractivity contribution in [1.82, 2.24) is 4.98 Å². The van der Waals surface area contributed by atoms with Crippen LogP contribution < -0.4 is 5.32 Å². The average Bonchev–Trinajstić information content (AvgIpc) is 2.32. The molecular formula is C13H11N3. The van der Waals surface area contributed by atoms with Gasteiger partial charge in [0.05, 0.1) is 17.4 Å². The van der Waals surface area contributed by atoms with Gasteiger partial charge in [0.25, 0.3) is 0 Å². The first-order chi connectivity index (χ1) is 7.78. The molecule has 0 saturated carbocycles. The highest BCUT2D eigenvalue weighted by Gasteiger charge is 1.96. The van der Waals surface area contributed by atoms with Crippen LogP contribution in [0.2, 0.25) is 0 Å². The van der Waals surface area contributed by atoms with Crippen LogP contribution in [0.3, 0.4) is 0 Å². The summed E-state index contributed by atoms with van der Waals surface area (Å²) in [5, 5.41) is 11.9. The fourth-order valence-electron chi connectivity index (χ4n) is 1.37. The van der Waals surface area contributed by atoms with Gasteiger partial charge in [0.2, 0.25) is 0 Å². The molecule has 0 amide bonds. The predicted molar refractivity (Wildman–Crippen MR) is 63.4 cm³/mol. The normalized spacial score (nSPS) is 9.50. The maximum atomic E-state index is 8.75. The van der Waals surface area contributed by atoms with Crippen molar-refractivity contribution in [2.75, 3.05) is 5.32 Å². The van der Waals surface area contributed by atoms with E-state index in [1.807, 2.05) is 31.2 Å². The number of hydrogen-bond acceptors (Lipinski definition) is 3. The summed E-state index contributed by atoms with van der Waals surface area (Å²) in [5.41, 5.74) is 3.58. The standard InChI is InChI=1S/C13H11N3/c1-10-2-4-12(5-3-10)16-13-6-11(7-14)8-15-9-13/h2-6,8-9,16H,1H3. The van der Waals surface area contributed by atoms with E-state index in [9.17, 15) is 0 Å². The minimum atomic E-state index is 0.553. The van der Waals surface area contributed by atoms with Crippen LogP contribution in [0.1, 0.15) is 11.1 Å². The zero-order valence-electron chi connectivity index (χ0n) is 8.94. The van der Waals surface area contributed by atoms with E-state index in [1.165, 1.54) is 5.56 Å². The van der Waals surface area contributed by atoms with Crippen molar-refractivity contribution in [3.8, 4) is 6.07 Å². The van der Waals surface area contributed by atoms with Crippen LogP contribution in [-0.4, -0.2) is 4.98 Å². The smallest absolute Gasteiger partial charge is 0.101 e. The molecule has 0 unspecified atom stereocenters. The molecule has 0 saturated heterocycles. The van der Waals surface area contributed by atoms with Crippen LogP contribution in [0.4, 0.5) is 11.4 Å². The monoisotopic (exact) mass is 209 g/mol. The van der Waals surface area contributed by atoms with Crippen LogP contribution in [-0.2, 0) is 0 Å². The lowest BCUT2D eigenvalue weighted by Gasteiger charge is -2.06. The summed E-state index contributed by atoms with van der Waals surface area (Å²) >= 11 is 0. The van der Waals surface area contributed by atoms with Gasteiger partial charge in [-0.2, -0.15) is 5.26 Å². The Morgan fingerprint density at radius 3 is 2.56 bits per heavy atom. The van der Waals surface area contributed by atoms with E-state index in [2.05, 4.69) is 16.4 Å². The van der Waals surface area contributed by atoms with Crippen molar-refractivity contribution in [3.05, 3.63) is 53.9 Å². The molecule has 1 aromatic carbocycles. The Morgan fingerprint density at radius 1 is 1.12 bits per heavy atom. The molecule has 0 fully saturated rings. The SMILES string of the molecule is Cc1ccc(Nc2cncc(C#N)c2)cc1. The van der Waals surface area contributed by atoms with E-state index in [4.69, 9.17) is 5.26 Å². The van der Waals surface area contributed by atoms with E-state index in [1.54, 1.807) is 18.5 Å². The van der Waals surface area contributed by atoms with Gasteiger partial charge in [-0.15, -0.1) is 0 Å². The Hall–Kier alpha value is -2.34. The highest BCUT2D eigenvalue weighted by Crippen LogP contribution is 2.16. The number of anilines is 2. The number of nitrogens with one attached hydrogen (secondary N) is 1. The second kappa shape index (κ2) is 4.45. The average molecular weight is 209 g/mol. The molecular weight excluding hydrogens is 198 g/mol. The van der Waals surface area contributed by atoms with Crippen molar-refractivity contribution in [1.29, 1.82) is 5.26 Å². The maximum Gasteiger partial charge on any atom is 0.101 e. The van der Waals surface area contributed by atoms with Gasteiger partial charge in [0, 0.05) is 11.9 Å². The van der Waals surface area contributed by atoms with Crippen molar-refractivity contribution in [3.63, 3.8) is 0 Å². The summed E-state index contributed by atoms with van der Waals surface area (Å²) in [7, 11) is 0. The maximum absolute atomic E-state index is 8.75. The number of aryl methyl sites for hydroxylation is 1. The van der Waals surface area contributed by atoms with Gasteiger partial charge in [-0.1, -0.05) is 17.7 Å². The van der Waals surface area contributed by atoms with Crippen molar-refractivity contribution < 1.29 is 0 Å². The van der Waals surface area contributed by atoms with E-state index in [0.717, 1.165) is 11.4 Å². The predicted octanol–water partition coefficient (Wildman–Crippen LogP) is 3.01. The molecule has 0 aliphatic carbocycles. The van der Waals surface area contributed by atoms with Crippen molar-refractivity contribution >= 4 is 11.4 Å². The first-order valence-corrected chi connectivity index (χ1v) is 4.97. The number of pyridine rings is 1. The Bertz CT molecular complexity index is 524. The summed E-state index contributed by atoms with van der Waals surface area (Å²) < 4.78 is 0. The molecule has 0 bridgehead atoms. The Labute approximate surface area is 94.4 Å². The lowest BCUT2D eigenvalue weighted by molar-refractivity contribution is 1.29. The molecule has 0 radical (unpaired) electrons. The molecule has 0 aliphatic heterocycles. The summed E-state index contributed by atoms with van der Waals surface area (Å²) in [6.07, 6.45) is 3.24. The minimum absolute atomic E-state index is 0.553. The third-order valence-corrected chi connectivity index (χ3v) is 2.21. The number of hydrogen-bond donors (Lipinski definition) is 1. The molecule has 1 heterocycles. The second-order valence-electron chi connectivity index (χ2n) is 3.57. The van der Waals surface area contributed by atoms with Crippen LogP contribution in [0.15, 0.2) is 42.7 Å². The minimum Gasteiger partial charge on any atom is -0.354 e. The molecule has 3 nitrogen and oxygen atoms in total. The third kappa shape index (κ3) is 2.37. The molecule has 1 N–H and O–H groups in total. The molecule has 2 rings (SSSR count). The molecule has 0 aliphatic rings. The largest absolute Gasteiger partial charge is 0.354 e. The van der Waals surface area contributed by atoms with Crippen LogP contribution in [0, 0.1) is 18.3 Å². The zero-order valence-corrected chi connectivity index (χ0v) is 8.94. The van der Waals surface area contributed by atoms with E-state index < -0.39 is 0 Å². The Morgan fingerprint density at radius 2 is 1.88 bits per heavy atom. The number of nitriles is 1. The number of aromatic nitrogens is 1. The molecule has 78 valence electrons. The molecule has 2 aromatic rings. The summed E-state index contributed by atoms with van der Waals surface area (Å²) in [6.45, 7) is 2.04. The Balaban J connectivity index is 2.21. The van der Waals surface area contributed by atoms with Crippen LogP contribution >= 0.6 is 0 Å². The summed E-state index contributed by atoms with van der Waals surface area (Å²) in [4.78, 5) is 3.98. The molecule has 0 spiro atoms.